The van der Waals surface area contributed by atoms with Crippen LogP contribution in [0, 0.1) is 11.3 Å². The van der Waals surface area contributed by atoms with Crippen molar-refractivity contribution < 1.29 is 41.2 Å². The number of halogens is 3. The molecule has 0 saturated heterocycles. The molecule has 0 aromatic heterocycles. The van der Waals surface area contributed by atoms with E-state index in [0.717, 1.165) is 0 Å². The summed E-state index contributed by atoms with van der Waals surface area (Å²) in [7, 11) is -1.30. The minimum absolute atomic E-state index is 0.0395. The molecule has 0 aliphatic rings. The number of alkyl halides is 3. The van der Waals surface area contributed by atoms with Crippen LogP contribution < -0.4 is 5.32 Å². The molecular weight excluding hydrogens is 454 g/mol. The van der Waals surface area contributed by atoms with Gasteiger partial charge in [-0.25, -0.2) is 4.67 Å². The van der Waals surface area contributed by atoms with Gasteiger partial charge in [-0.15, -0.1) is 0 Å². The summed E-state index contributed by atoms with van der Waals surface area (Å²) < 4.78 is 65.5. The first-order valence-corrected chi connectivity index (χ1v) is 11.5. The molecule has 32 heavy (non-hydrogen) atoms. The number of nitrogens with one attached hydrogen (secondary N) is 1. The Bertz CT molecular complexity index is 527. The van der Waals surface area contributed by atoms with Crippen LogP contribution in [-0.2, 0) is 28.1 Å². The van der Waals surface area contributed by atoms with Crippen LogP contribution >= 0.6 is 8.53 Å². The number of nitrogens with zero attached hydrogens (tertiary/aromatic N) is 2. The molecule has 9 nitrogen and oxygen atoms in total. The quantitative estimate of drug-likeness (QED) is 0.218. The highest BCUT2D eigenvalue weighted by atomic mass is 31.2. The van der Waals surface area contributed by atoms with Crippen molar-refractivity contribution in [2.45, 2.75) is 52.4 Å². The van der Waals surface area contributed by atoms with E-state index in [2.05, 4.69) is 38.4 Å². The van der Waals surface area contributed by atoms with Crippen molar-refractivity contribution in [3.05, 3.63) is 0 Å². The number of carbonyl (C=O) groups is 1. The molecule has 13 heteroatoms. The normalized spacial score (nSPS) is 13.0. The van der Waals surface area contributed by atoms with E-state index in [4.69, 9.17) is 28.5 Å². The number of hydrogen-bond acceptors (Lipinski definition) is 8. The van der Waals surface area contributed by atoms with Crippen molar-refractivity contribution in [1.29, 1.82) is 5.26 Å². The van der Waals surface area contributed by atoms with Gasteiger partial charge in [0.2, 0.25) is 0 Å². The Hall–Kier alpha value is -1.06. The van der Waals surface area contributed by atoms with Gasteiger partial charge in [-0.1, -0.05) is 0 Å². The Labute approximate surface area is 189 Å². The predicted molar refractivity (Wildman–Crippen MR) is 113 cm³/mol. The molecule has 0 aromatic rings. The van der Waals surface area contributed by atoms with Gasteiger partial charge in [0, 0.05) is 18.6 Å². The van der Waals surface area contributed by atoms with Gasteiger partial charge in [0.25, 0.3) is 8.53 Å². The van der Waals surface area contributed by atoms with Crippen molar-refractivity contribution in [3.63, 3.8) is 0 Å². The number of ether oxygens (including phenoxy) is 3. The van der Waals surface area contributed by atoms with Crippen molar-refractivity contribution in [2.75, 3.05) is 59.4 Å². The smallest absolute Gasteiger partial charge is 0.377 e. The SMILES string of the molecule is CC(C)N(C(C)C)P(OCCC#N)OCCOCCOCCOCCNC(=O)C(F)(F)F. The third-order valence-electron chi connectivity index (χ3n) is 3.63. The molecule has 1 unspecified atom stereocenters. The van der Waals surface area contributed by atoms with Crippen LogP contribution in [0.4, 0.5) is 13.2 Å². The molecule has 188 valence electrons. The van der Waals surface area contributed by atoms with Crippen LogP contribution in [0.2, 0.25) is 0 Å². The molecule has 1 atom stereocenters. The molecule has 0 heterocycles. The standard InChI is InChI=1S/C19H35F3N3O6P/c1-16(2)25(17(3)4)32(30-8-5-6-23)31-15-14-29-13-12-28-11-10-27-9-7-24-18(26)19(20,21)22/h16-17H,5,7-15H2,1-4H3,(H,24,26). The summed E-state index contributed by atoms with van der Waals surface area (Å²) in [5.74, 6) is -1.99. The molecule has 0 saturated carbocycles. The zero-order valence-corrected chi connectivity index (χ0v) is 20.0. The molecule has 0 bridgehead atoms. The molecule has 0 fully saturated rings. The molecule has 0 aliphatic heterocycles. The maximum absolute atomic E-state index is 12.0. The molecule has 0 spiro atoms. The van der Waals surface area contributed by atoms with Crippen LogP contribution in [0.1, 0.15) is 34.1 Å². The zero-order chi connectivity index (χ0) is 24.4. The summed E-state index contributed by atoms with van der Waals surface area (Å²) in [6, 6.07) is 2.50. The Morgan fingerprint density at radius 3 is 1.84 bits per heavy atom. The lowest BCUT2D eigenvalue weighted by Crippen LogP contribution is -2.38. The van der Waals surface area contributed by atoms with E-state index < -0.39 is 20.6 Å². The zero-order valence-electron chi connectivity index (χ0n) is 19.2. The predicted octanol–water partition coefficient (Wildman–Crippen LogP) is 3.01. The number of rotatable bonds is 19. The van der Waals surface area contributed by atoms with Crippen molar-refractivity contribution in [1.82, 2.24) is 9.99 Å². The van der Waals surface area contributed by atoms with E-state index in [9.17, 15) is 18.0 Å². The van der Waals surface area contributed by atoms with Crippen LogP contribution in [-0.4, -0.2) is 88.2 Å². The van der Waals surface area contributed by atoms with Gasteiger partial charge >= 0.3 is 12.1 Å². The molecular formula is C19H35F3N3O6P. The third kappa shape index (κ3) is 15.7. The lowest BCUT2D eigenvalue weighted by molar-refractivity contribution is -0.173. The number of carbonyl (C=O) groups excluding carboxylic acids is 1. The van der Waals surface area contributed by atoms with Crippen molar-refractivity contribution in [2.24, 2.45) is 0 Å². The third-order valence-corrected chi connectivity index (χ3v) is 5.73. The lowest BCUT2D eigenvalue weighted by atomic mass is 10.3. The maximum atomic E-state index is 12.0. The van der Waals surface area contributed by atoms with Crippen molar-refractivity contribution >= 4 is 14.4 Å². The molecule has 1 amide bonds. The maximum Gasteiger partial charge on any atom is 0.471 e. The minimum Gasteiger partial charge on any atom is -0.377 e. The van der Waals surface area contributed by atoms with Crippen LogP contribution in [0.25, 0.3) is 0 Å². The van der Waals surface area contributed by atoms with E-state index in [1.165, 1.54) is 0 Å². The lowest BCUT2D eigenvalue weighted by Gasteiger charge is -2.35. The number of nitriles is 1. The van der Waals surface area contributed by atoms with E-state index in [-0.39, 0.29) is 38.4 Å². The fourth-order valence-corrected chi connectivity index (χ4v) is 3.94. The Morgan fingerprint density at radius 2 is 1.38 bits per heavy atom. The summed E-state index contributed by atoms with van der Waals surface area (Å²) in [5.41, 5.74) is 0. The largest absolute Gasteiger partial charge is 0.471 e. The average Bonchev–Trinajstić information content (AvgIpc) is 2.69. The van der Waals surface area contributed by atoms with Crippen LogP contribution in [0.5, 0.6) is 0 Å². The summed E-state index contributed by atoms with van der Waals surface area (Å²) in [5, 5.41) is 10.4. The fourth-order valence-electron chi connectivity index (χ4n) is 2.37. The van der Waals surface area contributed by atoms with Gasteiger partial charge in [0.05, 0.1) is 65.3 Å². The minimum atomic E-state index is -4.89. The summed E-state index contributed by atoms with van der Waals surface area (Å²) in [6.07, 6.45) is -4.59. The Balaban J connectivity index is 3.80. The van der Waals surface area contributed by atoms with Gasteiger partial charge < -0.3 is 28.6 Å². The fraction of sp³-hybridized carbons (Fsp3) is 0.895. The van der Waals surface area contributed by atoms with Crippen LogP contribution in [0.15, 0.2) is 0 Å². The average molecular weight is 489 g/mol. The Morgan fingerprint density at radius 1 is 0.906 bits per heavy atom. The monoisotopic (exact) mass is 489 g/mol. The topological polar surface area (TPSA) is 102 Å². The highest BCUT2D eigenvalue weighted by Gasteiger charge is 2.38. The molecule has 0 radical (unpaired) electrons. The van der Waals surface area contributed by atoms with Gasteiger partial charge in [-0.3, -0.25) is 4.79 Å². The number of amides is 1. The summed E-state index contributed by atoms with van der Waals surface area (Å²) in [6.45, 7) is 10.1. The highest BCUT2D eigenvalue weighted by molar-refractivity contribution is 7.44. The molecule has 0 rings (SSSR count). The molecule has 1 N–H and O–H groups in total. The molecule has 0 aromatic carbocycles. The second kappa shape index (κ2) is 18.4. The first-order valence-electron chi connectivity index (χ1n) is 10.4. The second-order valence-corrected chi connectivity index (χ2v) is 8.42. The first kappa shape index (κ1) is 30.9. The van der Waals surface area contributed by atoms with Crippen molar-refractivity contribution in [3.8, 4) is 6.07 Å². The van der Waals surface area contributed by atoms with Gasteiger partial charge in [-0.05, 0) is 27.7 Å². The summed E-state index contributed by atoms with van der Waals surface area (Å²) in [4.78, 5) is 10.6. The van der Waals surface area contributed by atoms with Gasteiger partial charge in [0.15, 0.2) is 0 Å². The van der Waals surface area contributed by atoms with Gasteiger partial charge in [-0.2, -0.15) is 18.4 Å². The Kier molecular flexibility index (Phi) is 17.8. The van der Waals surface area contributed by atoms with Gasteiger partial charge in [0.1, 0.15) is 0 Å². The first-order chi connectivity index (χ1) is 15.1. The van der Waals surface area contributed by atoms with E-state index in [0.29, 0.717) is 39.5 Å². The summed E-state index contributed by atoms with van der Waals surface area (Å²) >= 11 is 0. The highest BCUT2D eigenvalue weighted by Crippen LogP contribution is 2.45. The van der Waals surface area contributed by atoms with E-state index >= 15 is 0 Å². The number of hydrogen-bond donors (Lipinski definition) is 1. The van der Waals surface area contributed by atoms with E-state index in [1.54, 1.807) is 5.32 Å². The van der Waals surface area contributed by atoms with E-state index in [1.807, 2.05) is 0 Å². The van der Waals surface area contributed by atoms with Crippen LogP contribution in [0.3, 0.4) is 0 Å². The molecule has 0 aliphatic carbocycles. The second-order valence-electron chi connectivity index (χ2n) is 6.97.